The number of hydrogen-bond acceptors (Lipinski definition) is 12. The van der Waals surface area contributed by atoms with Crippen molar-refractivity contribution < 1.29 is 51.2 Å². The van der Waals surface area contributed by atoms with Crippen LogP contribution in [-0.2, 0) is 51.2 Å². The predicted molar refractivity (Wildman–Crippen MR) is 661 cm³/mol. The van der Waals surface area contributed by atoms with Gasteiger partial charge in [-0.15, -0.1) is 34.2 Å². The molecule has 0 heterocycles. The van der Waals surface area contributed by atoms with Crippen LogP contribution in [-0.4, -0.2) is 192 Å². The van der Waals surface area contributed by atoms with Crippen molar-refractivity contribution >= 4 is 170 Å². The molecular weight excluding hydrogens is 1920 g/mol. The van der Waals surface area contributed by atoms with Gasteiger partial charge in [0.1, 0.15) is 0 Å². The molecule has 4 rings (SSSR count). The second-order valence-electron chi connectivity index (χ2n) is 40.9. The summed E-state index contributed by atoms with van der Waals surface area (Å²) in [5.41, 5.74) is 29.0. The van der Waals surface area contributed by atoms with E-state index in [1.807, 2.05) is 33.5 Å². The van der Waals surface area contributed by atoms with Gasteiger partial charge in [-0.25, -0.2) is 0 Å². The quantitative estimate of drug-likeness (QED) is 0.0393. The number of hydrogen-bond donors (Lipinski definition) is 0. The summed E-state index contributed by atoms with van der Waals surface area (Å²) < 4.78 is 75.1. The number of rotatable bonds is 44. The first-order valence-corrected chi connectivity index (χ1v) is 96.2. The lowest BCUT2D eigenvalue weighted by Gasteiger charge is -2.39. The van der Waals surface area contributed by atoms with Crippen molar-refractivity contribution in [1.82, 2.24) is 0 Å². The molecule has 0 fully saturated rings. The van der Waals surface area contributed by atoms with E-state index < -0.39 is 150 Å². The molecule has 0 saturated carbocycles. The normalized spacial score (nSPS) is 12.8. The summed E-state index contributed by atoms with van der Waals surface area (Å²) in [6.07, 6.45) is 0. The van der Waals surface area contributed by atoms with Crippen LogP contribution in [0, 0.1) is 0 Å². The van der Waals surface area contributed by atoms with Crippen LogP contribution < -0.4 is 20.7 Å². The molecule has 0 radical (unpaired) electrons. The molecule has 0 spiro atoms. The predicted octanol–water partition coefficient (Wildman–Crippen LogP) is 33.8. The highest BCUT2D eigenvalue weighted by Gasteiger charge is 2.50. The summed E-state index contributed by atoms with van der Waals surface area (Å²) in [5.74, 6) is 0. The molecule has 4 aromatic rings. The molecule has 0 bridgehead atoms. The lowest BCUT2D eigenvalue weighted by atomic mass is 10.4. The Hall–Kier alpha value is -1.26. The molecular formula is C102H232O12Si18. The first kappa shape index (κ1) is 161. The van der Waals surface area contributed by atoms with Crippen molar-refractivity contribution in [1.29, 1.82) is 0 Å². The van der Waals surface area contributed by atoms with Crippen molar-refractivity contribution in [2.75, 3.05) is 42.7 Å². The van der Waals surface area contributed by atoms with Gasteiger partial charge >= 0.3 is 51.4 Å². The summed E-state index contributed by atoms with van der Waals surface area (Å²) in [4.78, 5) is 0. The van der Waals surface area contributed by atoms with Gasteiger partial charge in [0.2, 0.25) is 33.3 Å². The van der Waals surface area contributed by atoms with Gasteiger partial charge in [0.15, 0.2) is 16.6 Å². The molecule has 0 aliphatic carbocycles. The second-order valence-corrected chi connectivity index (χ2v) is 118. The van der Waals surface area contributed by atoms with Gasteiger partial charge in [-0.3, -0.25) is 0 Å². The van der Waals surface area contributed by atoms with Crippen LogP contribution in [0.4, 0.5) is 0 Å². The molecule has 784 valence electrons. The first-order valence-electron chi connectivity index (χ1n) is 44.8. The Labute approximate surface area is 848 Å². The van der Waals surface area contributed by atoms with Crippen LogP contribution >= 0.6 is 0 Å². The van der Waals surface area contributed by atoms with Gasteiger partial charge in [-0.2, -0.15) is 0 Å². The molecule has 0 aromatic heterocycles. The Bertz CT molecular complexity index is 3490. The van der Waals surface area contributed by atoms with E-state index in [4.69, 9.17) is 51.2 Å². The van der Waals surface area contributed by atoms with Crippen LogP contribution in [0.5, 0.6) is 0 Å². The van der Waals surface area contributed by atoms with Crippen LogP contribution in [0.2, 0.25) is 244 Å². The van der Waals surface area contributed by atoms with E-state index in [2.05, 4.69) is 430 Å². The standard InChI is InChI=1S/C22H34O2Si3.C20H30O2Si3.C14H34O2Si3.2C12H30O2Si3.C10H26O2Si3.12CH4/c1-7-26(8-2,20-19-25(4,5)6)24-27(23-3,21-15-11-9-12-16-21)22-17-13-10-14-18-22;1-21-25(19-13-9-7-10-14-19,20-15-11-8-12-16-20)22-24(5,6)18-17-23(2,3)4;1-9-18(10-2,14-13-17(6,7)8)16-19(11-3,12-4)15-5;1-9-17(10-2,12-11-15(4,5)6)14-16(7,8)13-3;1-9-17(10-2,13-3)14-16(7,8)12-11-15(4,5)6;1-11-15(7,8)12-14(5,6)10-9-13(2,3)4;;;;;;;;;;;;/h9-20H,7-8H2,1-6H3;7-18H,1-6H3;13-14H,9-12H2,1-8H3;2*11-12H,9-10H2,1-8H3;9-10H,1-8H3;12*1H4. The molecule has 0 atom stereocenters. The fourth-order valence-corrected chi connectivity index (χ4v) is 74.6. The molecule has 30 heteroatoms. The highest BCUT2D eigenvalue weighted by Crippen LogP contribution is 2.32. The van der Waals surface area contributed by atoms with Crippen LogP contribution in [0.3, 0.4) is 0 Å². The Morgan fingerprint density at radius 1 is 0.182 bits per heavy atom. The minimum absolute atomic E-state index is 0. The fraction of sp³-hybridized carbons (Fsp3) is 0.647. The Morgan fingerprint density at radius 2 is 0.364 bits per heavy atom. The van der Waals surface area contributed by atoms with Gasteiger partial charge < -0.3 is 51.2 Å². The lowest BCUT2D eigenvalue weighted by Crippen LogP contribution is -2.67. The summed E-state index contributed by atoms with van der Waals surface area (Å²) >= 11 is 0. The smallest absolute Gasteiger partial charge is 0.396 e. The highest BCUT2D eigenvalue weighted by molar-refractivity contribution is 7.01. The van der Waals surface area contributed by atoms with Crippen molar-refractivity contribution in [2.45, 2.75) is 402 Å². The average Bonchev–Trinajstić information content (AvgIpc) is 0.769. The van der Waals surface area contributed by atoms with E-state index in [1.165, 1.54) is 10.4 Å². The summed E-state index contributed by atoms with van der Waals surface area (Å²) in [6, 6.07) is 52.9. The third kappa shape index (κ3) is 64.3. The summed E-state index contributed by atoms with van der Waals surface area (Å²) in [5, 5.41) is 4.68. The largest absolute Gasteiger partial charge is 0.433 e. The van der Waals surface area contributed by atoms with Gasteiger partial charge in [0.25, 0.3) is 0 Å². The average molecular weight is 2160 g/mol. The lowest BCUT2D eigenvalue weighted by molar-refractivity contribution is 0.295. The zero-order chi connectivity index (χ0) is 93.5. The topological polar surface area (TPSA) is 111 Å². The molecule has 0 N–H and O–H groups in total. The van der Waals surface area contributed by atoms with Gasteiger partial charge in [-0.05, 0) is 147 Å². The Kier molecular flexibility index (Phi) is 88.2. The SMILES string of the molecule is C.C.C.C.C.C.C.C.C.C.C.C.CC[Si](C=C[Si](C)(C)C)(CC)O[Si](C)(C)OC.CC[Si](C=C[Si](C)(C)C)(CC)O[Si](CC)(CC)OC.CC[Si](C=C[Si](C)(C)C)(CC)O[Si](OC)(c1ccccc1)c1ccccc1.CC[Si](CC)(OC)O[Si](C)(C)C=C[Si](C)(C)C.CO[Si](C)(C)O[Si](C)(C)C=C[Si](C)(C)C.CO[Si](O[Si](C)(C)C=C[Si](C)(C)C)(c1ccccc1)c1ccccc1. The fourth-order valence-electron chi connectivity index (χ4n) is 12.6. The zero-order valence-corrected chi connectivity index (χ0v) is 103. The Morgan fingerprint density at radius 3 is 0.561 bits per heavy atom. The summed E-state index contributed by atoms with van der Waals surface area (Å²) in [6.45, 7) is 87.0. The molecule has 4 aromatic carbocycles. The highest BCUT2D eigenvalue weighted by atomic mass is 28.5. The third-order valence-corrected chi connectivity index (χ3v) is 75.9. The van der Waals surface area contributed by atoms with E-state index in [1.54, 1.807) is 21.3 Å². The number of benzene rings is 4. The van der Waals surface area contributed by atoms with Crippen molar-refractivity contribution in [2.24, 2.45) is 0 Å². The third-order valence-electron chi connectivity index (χ3n) is 20.8. The van der Waals surface area contributed by atoms with Crippen LogP contribution in [0.25, 0.3) is 0 Å². The minimum atomic E-state index is -2.77. The molecule has 12 nitrogen and oxygen atoms in total. The zero-order valence-electron chi connectivity index (χ0n) is 85.4. The monoisotopic (exact) mass is 2150 g/mol. The molecule has 0 aliphatic heterocycles. The molecule has 0 amide bonds. The minimum Gasteiger partial charge on any atom is -0.433 e. The Balaban J connectivity index is -0.000000105. The first-order chi connectivity index (χ1) is 54.9. The summed E-state index contributed by atoms with van der Waals surface area (Å²) in [7, 11) is -20.5. The second kappa shape index (κ2) is 72.1. The van der Waals surface area contributed by atoms with Crippen LogP contribution in [0.15, 0.2) is 190 Å². The van der Waals surface area contributed by atoms with E-state index in [0.29, 0.717) is 0 Å². The van der Waals surface area contributed by atoms with E-state index in [9.17, 15) is 0 Å². The van der Waals surface area contributed by atoms with Crippen molar-refractivity contribution in [3.63, 3.8) is 0 Å². The van der Waals surface area contributed by atoms with E-state index >= 15 is 0 Å². The van der Waals surface area contributed by atoms with E-state index in [-0.39, 0.29) is 89.1 Å². The van der Waals surface area contributed by atoms with E-state index in [0.717, 1.165) is 70.8 Å². The van der Waals surface area contributed by atoms with Crippen molar-refractivity contribution in [3.8, 4) is 0 Å². The van der Waals surface area contributed by atoms with Gasteiger partial charge in [0, 0.05) is 42.7 Å². The van der Waals surface area contributed by atoms with Gasteiger partial charge in [0.05, 0.1) is 48.4 Å². The maximum atomic E-state index is 7.23. The van der Waals surface area contributed by atoms with Crippen molar-refractivity contribution in [3.05, 3.63) is 190 Å². The maximum absolute atomic E-state index is 7.23. The molecule has 0 saturated heterocycles. The molecule has 132 heavy (non-hydrogen) atoms. The molecule has 0 aliphatic rings. The molecule has 0 unspecified atom stereocenters. The van der Waals surface area contributed by atoms with Crippen LogP contribution in [0.1, 0.15) is 158 Å². The maximum Gasteiger partial charge on any atom is 0.396 e. The van der Waals surface area contributed by atoms with Gasteiger partial charge in [-0.1, -0.05) is 432 Å².